The quantitative estimate of drug-likeness (QED) is 0.917. The summed E-state index contributed by atoms with van der Waals surface area (Å²) in [6.07, 6.45) is 4.19. The van der Waals surface area contributed by atoms with E-state index in [4.69, 9.17) is 4.52 Å². The van der Waals surface area contributed by atoms with E-state index in [1.54, 1.807) is 11.3 Å². The van der Waals surface area contributed by atoms with Gasteiger partial charge in [-0.15, -0.1) is 11.3 Å². The number of hydrogen-bond acceptors (Lipinski definition) is 5. The smallest absolute Gasteiger partial charge is 0.228 e. The standard InChI is InChI=1S/C16H21N3O2S/c1-8-7-17-16(22-8)14(12-5-6-12)18-15(20)9(2)13-10(3)19-21-11(13)4/h7,9,12,14H,5-6H2,1-4H3,(H,18,20)/t9-,14+/m0/s1. The highest BCUT2D eigenvalue weighted by molar-refractivity contribution is 7.11. The number of thiazole rings is 1. The summed E-state index contributed by atoms with van der Waals surface area (Å²) in [5.41, 5.74) is 1.68. The summed E-state index contributed by atoms with van der Waals surface area (Å²) in [4.78, 5) is 18.3. The van der Waals surface area contributed by atoms with Crippen LogP contribution in [-0.2, 0) is 4.79 Å². The lowest BCUT2D eigenvalue weighted by molar-refractivity contribution is -0.123. The molecule has 0 saturated heterocycles. The first-order valence-corrected chi connectivity index (χ1v) is 8.44. The summed E-state index contributed by atoms with van der Waals surface area (Å²) >= 11 is 1.66. The van der Waals surface area contributed by atoms with Crippen LogP contribution < -0.4 is 5.32 Å². The summed E-state index contributed by atoms with van der Waals surface area (Å²) < 4.78 is 5.18. The van der Waals surface area contributed by atoms with Crippen molar-refractivity contribution in [2.24, 2.45) is 5.92 Å². The van der Waals surface area contributed by atoms with Crippen molar-refractivity contribution in [2.45, 2.75) is 52.5 Å². The third kappa shape index (κ3) is 2.92. The molecular formula is C16H21N3O2S. The van der Waals surface area contributed by atoms with Crippen LogP contribution >= 0.6 is 11.3 Å². The molecule has 0 unspecified atom stereocenters. The van der Waals surface area contributed by atoms with Crippen LogP contribution in [0.3, 0.4) is 0 Å². The van der Waals surface area contributed by atoms with E-state index >= 15 is 0 Å². The molecule has 1 saturated carbocycles. The van der Waals surface area contributed by atoms with Crippen molar-refractivity contribution in [1.29, 1.82) is 0 Å². The molecular weight excluding hydrogens is 298 g/mol. The molecule has 0 aliphatic heterocycles. The molecule has 0 radical (unpaired) electrons. The number of amides is 1. The maximum atomic E-state index is 12.7. The lowest BCUT2D eigenvalue weighted by Gasteiger charge is -2.19. The zero-order valence-corrected chi connectivity index (χ0v) is 14.2. The van der Waals surface area contributed by atoms with Crippen molar-refractivity contribution >= 4 is 17.2 Å². The Morgan fingerprint density at radius 3 is 2.64 bits per heavy atom. The fraction of sp³-hybridized carbons (Fsp3) is 0.562. The highest BCUT2D eigenvalue weighted by Gasteiger charge is 2.36. The van der Waals surface area contributed by atoms with E-state index in [-0.39, 0.29) is 17.9 Å². The van der Waals surface area contributed by atoms with Crippen molar-refractivity contribution < 1.29 is 9.32 Å². The molecule has 0 spiro atoms. The van der Waals surface area contributed by atoms with Gasteiger partial charge in [0.15, 0.2) is 0 Å². The molecule has 5 nitrogen and oxygen atoms in total. The molecule has 3 rings (SSSR count). The van der Waals surface area contributed by atoms with Gasteiger partial charge in [0, 0.05) is 16.6 Å². The fourth-order valence-corrected chi connectivity index (χ4v) is 3.76. The molecule has 22 heavy (non-hydrogen) atoms. The number of hydrogen-bond donors (Lipinski definition) is 1. The second kappa shape index (κ2) is 5.83. The molecule has 6 heteroatoms. The minimum absolute atomic E-state index is 0.0131. The monoisotopic (exact) mass is 319 g/mol. The topological polar surface area (TPSA) is 68.0 Å². The fourth-order valence-electron chi connectivity index (χ4n) is 2.84. The van der Waals surface area contributed by atoms with Crippen molar-refractivity contribution in [3.63, 3.8) is 0 Å². The van der Waals surface area contributed by atoms with Crippen LogP contribution in [-0.4, -0.2) is 16.0 Å². The Hall–Kier alpha value is -1.69. The molecule has 2 aromatic heterocycles. The van der Waals surface area contributed by atoms with E-state index in [1.165, 1.54) is 4.88 Å². The van der Waals surface area contributed by atoms with Gasteiger partial charge in [0.05, 0.1) is 17.7 Å². The molecule has 1 N–H and O–H groups in total. The Bertz CT molecular complexity index is 668. The molecule has 1 fully saturated rings. The van der Waals surface area contributed by atoms with Crippen molar-refractivity contribution in [1.82, 2.24) is 15.5 Å². The number of aryl methyl sites for hydroxylation is 3. The second-order valence-corrected chi connectivity index (χ2v) is 7.36. The van der Waals surface area contributed by atoms with Crippen LogP contribution in [0, 0.1) is 26.7 Å². The lowest BCUT2D eigenvalue weighted by Crippen LogP contribution is -2.33. The van der Waals surface area contributed by atoms with Crippen LogP contribution in [0.25, 0.3) is 0 Å². The normalized spacial score (nSPS) is 17.3. The summed E-state index contributed by atoms with van der Waals surface area (Å²) in [7, 11) is 0. The number of carbonyl (C=O) groups is 1. The molecule has 2 aromatic rings. The van der Waals surface area contributed by atoms with E-state index < -0.39 is 0 Å². The molecule has 2 atom stereocenters. The zero-order chi connectivity index (χ0) is 15.9. The Labute approximate surface area is 134 Å². The van der Waals surface area contributed by atoms with Crippen LogP contribution in [0.1, 0.15) is 58.6 Å². The maximum Gasteiger partial charge on any atom is 0.228 e. The average Bonchev–Trinajstić information content (AvgIpc) is 3.15. The SMILES string of the molecule is Cc1cnc([C@H](NC(=O)[C@@H](C)c2c(C)noc2C)C2CC2)s1. The van der Waals surface area contributed by atoms with Crippen LogP contribution in [0.2, 0.25) is 0 Å². The van der Waals surface area contributed by atoms with Gasteiger partial charge in [-0.05, 0) is 46.5 Å². The maximum absolute atomic E-state index is 12.7. The van der Waals surface area contributed by atoms with Gasteiger partial charge < -0.3 is 9.84 Å². The van der Waals surface area contributed by atoms with Gasteiger partial charge in [0.25, 0.3) is 0 Å². The van der Waals surface area contributed by atoms with Crippen molar-refractivity contribution in [3.05, 3.63) is 33.1 Å². The molecule has 118 valence electrons. The molecule has 1 aliphatic rings. The average molecular weight is 319 g/mol. The van der Waals surface area contributed by atoms with Crippen LogP contribution in [0.5, 0.6) is 0 Å². The third-order valence-corrected chi connectivity index (χ3v) is 5.21. The van der Waals surface area contributed by atoms with Gasteiger partial charge in [-0.3, -0.25) is 4.79 Å². The van der Waals surface area contributed by atoms with E-state index in [0.29, 0.717) is 11.7 Å². The minimum atomic E-state index is -0.270. The molecule has 1 aliphatic carbocycles. The number of nitrogens with zero attached hydrogens (tertiary/aromatic N) is 2. The summed E-state index contributed by atoms with van der Waals surface area (Å²) in [5, 5.41) is 8.15. The summed E-state index contributed by atoms with van der Waals surface area (Å²) in [6, 6.07) is 0.0362. The Balaban J connectivity index is 1.77. The van der Waals surface area contributed by atoms with Crippen molar-refractivity contribution in [3.8, 4) is 0 Å². The van der Waals surface area contributed by atoms with Gasteiger partial charge in [0.2, 0.25) is 5.91 Å². The summed E-state index contributed by atoms with van der Waals surface area (Å²) in [5.74, 6) is 0.979. The van der Waals surface area contributed by atoms with Gasteiger partial charge >= 0.3 is 0 Å². The molecule has 2 heterocycles. The Morgan fingerprint density at radius 1 is 1.41 bits per heavy atom. The van der Waals surface area contributed by atoms with Crippen LogP contribution in [0.4, 0.5) is 0 Å². The first kappa shape index (κ1) is 15.2. The second-order valence-electron chi connectivity index (χ2n) is 6.09. The predicted molar refractivity (Wildman–Crippen MR) is 84.9 cm³/mol. The minimum Gasteiger partial charge on any atom is -0.361 e. The lowest BCUT2D eigenvalue weighted by atomic mass is 9.98. The largest absolute Gasteiger partial charge is 0.361 e. The van der Waals surface area contributed by atoms with Gasteiger partial charge in [-0.2, -0.15) is 0 Å². The number of rotatable bonds is 5. The van der Waals surface area contributed by atoms with Crippen molar-refractivity contribution in [2.75, 3.05) is 0 Å². The van der Waals surface area contributed by atoms with Gasteiger partial charge in [-0.25, -0.2) is 4.98 Å². The predicted octanol–water partition coefficient (Wildman–Crippen LogP) is 3.43. The number of nitrogens with one attached hydrogen (secondary N) is 1. The van der Waals surface area contributed by atoms with Gasteiger partial charge in [0.1, 0.15) is 10.8 Å². The van der Waals surface area contributed by atoms with Crippen LogP contribution in [0.15, 0.2) is 10.7 Å². The van der Waals surface area contributed by atoms with E-state index in [9.17, 15) is 4.79 Å². The molecule has 0 aromatic carbocycles. The zero-order valence-electron chi connectivity index (χ0n) is 13.3. The van der Waals surface area contributed by atoms with Gasteiger partial charge in [-0.1, -0.05) is 5.16 Å². The third-order valence-electron chi connectivity index (χ3n) is 4.21. The first-order chi connectivity index (χ1) is 10.5. The number of carbonyl (C=O) groups excluding carboxylic acids is 1. The molecule has 0 bridgehead atoms. The number of aromatic nitrogens is 2. The highest BCUT2D eigenvalue weighted by Crippen LogP contribution is 2.42. The Morgan fingerprint density at radius 2 is 2.14 bits per heavy atom. The highest BCUT2D eigenvalue weighted by atomic mass is 32.1. The van der Waals surface area contributed by atoms with E-state index in [2.05, 4.69) is 15.5 Å². The van der Waals surface area contributed by atoms with E-state index in [1.807, 2.05) is 33.9 Å². The summed E-state index contributed by atoms with van der Waals surface area (Å²) in [6.45, 7) is 7.66. The molecule has 1 amide bonds. The first-order valence-electron chi connectivity index (χ1n) is 7.63. The van der Waals surface area contributed by atoms with E-state index in [0.717, 1.165) is 29.1 Å². The Kier molecular flexibility index (Phi) is 4.04.